The van der Waals surface area contributed by atoms with Crippen LogP contribution in [0.1, 0.15) is 28.8 Å². The smallest absolute Gasteiger partial charge is 0.329 e. The number of anilines is 1. The third kappa shape index (κ3) is 3.67. The van der Waals surface area contributed by atoms with Gasteiger partial charge in [-0.3, -0.25) is 19.7 Å². The number of carboxylic acids is 1. The van der Waals surface area contributed by atoms with Gasteiger partial charge in [0.25, 0.3) is 5.91 Å². The van der Waals surface area contributed by atoms with Crippen LogP contribution in [0.25, 0.3) is 0 Å². The minimum atomic E-state index is -1.03. The van der Waals surface area contributed by atoms with Crippen molar-refractivity contribution in [3.8, 4) is 0 Å². The van der Waals surface area contributed by atoms with Gasteiger partial charge in [-0.15, -0.1) is 0 Å². The molecule has 138 valence electrons. The molecule has 1 unspecified atom stereocenters. The van der Waals surface area contributed by atoms with Gasteiger partial charge in [-0.1, -0.05) is 6.07 Å². The number of nitrogens with one attached hydrogen (secondary N) is 2. The van der Waals surface area contributed by atoms with Crippen LogP contribution in [-0.4, -0.2) is 59.5 Å². The SMILES string of the molecule is O=C(O)COCCNc1cccc2c1CN(C1CCC(=O)NC1=O)C2=O. The number of rotatable bonds is 7. The summed E-state index contributed by atoms with van der Waals surface area (Å²) in [5.41, 5.74) is 2.04. The van der Waals surface area contributed by atoms with Gasteiger partial charge in [-0.05, 0) is 18.6 Å². The van der Waals surface area contributed by atoms with Crippen LogP contribution in [0.5, 0.6) is 0 Å². The fourth-order valence-electron chi connectivity index (χ4n) is 3.17. The first-order chi connectivity index (χ1) is 12.5. The van der Waals surface area contributed by atoms with Crippen molar-refractivity contribution >= 4 is 29.4 Å². The molecule has 0 bridgehead atoms. The lowest BCUT2D eigenvalue weighted by molar-refractivity contribution is -0.142. The van der Waals surface area contributed by atoms with E-state index in [1.165, 1.54) is 4.90 Å². The van der Waals surface area contributed by atoms with Crippen molar-refractivity contribution in [2.45, 2.75) is 25.4 Å². The Kier molecular flexibility index (Phi) is 5.17. The molecule has 2 aliphatic rings. The summed E-state index contributed by atoms with van der Waals surface area (Å²) in [6.07, 6.45) is 0.527. The molecule has 0 aromatic heterocycles. The molecule has 9 heteroatoms. The lowest BCUT2D eigenvalue weighted by atomic mass is 10.0. The summed E-state index contributed by atoms with van der Waals surface area (Å²) in [5, 5.41) is 13.9. The Morgan fingerprint density at radius 1 is 1.35 bits per heavy atom. The van der Waals surface area contributed by atoms with Crippen molar-refractivity contribution in [3.63, 3.8) is 0 Å². The van der Waals surface area contributed by atoms with Crippen LogP contribution >= 0.6 is 0 Å². The van der Waals surface area contributed by atoms with E-state index in [2.05, 4.69) is 10.6 Å². The second-order valence-electron chi connectivity index (χ2n) is 6.10. The van der Waals surface area contributed by atoms with E-state index < -0.39 is 17.9 Å². The van der Waals surface area contributed by atoms with Gasteiger partial charge < -0.3 is 20.1 Å². The van der Waals surface area contributed by atoms with Crippen LogP contribution in [0.2, 0.25) is 0 Å². The Morgan fingerprint density at radius 3 is 2.88 bits per heavy atom. The average molecular weight is 361 g/mol. The lowest BCUT2D eigenvalue weighted by Crippen LogP contribution is -2.52. The number of hydrogen-bond acceptors (Lipinski definition) is 6. The second kappa shape index (κ2) is 7.52. The minimum absolute atomic E-state index is 0.209. The molecule has 3 rings (SSSR count). The number of nitrogens with zero attached hydrogens (tertiary/aromatic N) is 1. The topological polar surface area (TPSA) is 125 Å². The predicted molar refractivity (Wildman–Crippen MR) is 89.4 cm³/mol. The molecular weight excluding hydrogens is 342 g/mol. The largest absolute Gasteiger partial charge is 0.480 e. The molecule has 0 spiro atoms. The molecule has 26 heavy (non-hydrogen) atoms. The van der Waals surface area contributed by atoms with Crippen molar-refractivity contribution in [3.05, 3.63) is 29.3 Å². The van der Waals surface area contributed by atoms with E-state index in [0.717, 1.165) is 11.3 Å². The summed E-state index contributed by atoms with van der Waals surface area (Å²) in [4.78, 5) is 47.9. The quantitative estimate of drug-likeness (QED) is 0.460. The number of piperidine rings is 1. The van der Waals surface area contributed by atoms with Gasteiger partial charge in [-0.25, -0.2) is 4.79 Å². The highest BCUT2D eigenvalue weighted by Crippen LogP contribution is 2.32. The minimum Gasteiger partial charge on any atom is -0.480 e. The van der Waals surface area contributed by atoms with Gasteiger partial charge in [0.15, 0.2) is 0 Å². The zero-order valence-electron chi connectivity index (χ0n) is 14.0. The molecule has 2 aliphatic heterocycles. The number of aliphatic carboxylic acids is 1. The zero-order chi connectivity index (χ0) is 18.7. The molecule has 0 radical (unpaired) electrons. The van der Waals surface area contributed by atoms with Crippen molar-refractivity contribution < 1.29 is 29.0 Å². The first-order valence-corrected chi connectivity index (χ1v) is 8.27. The number of imide groups is 1. The Balaban J connectivity index is 1.66. The fraction of sp³-hybridized carbons (Fsp3) is 0.412. The van der Waals surface area contributed by atoms with Crippen LogP contribution in [0.4, 0.5) is 5.69 Å². The van der Waals surface area contributed by atoms with Gasteiger partial charge >= 0.3 is 5.97 Å². The van der Waals surface area contributed by atoms with Crippen molar-refractivity contribution in [1.82, 2.24) is 10.2 Å². The third-order valence-electron chi connectivity index (χ3n) is 4.37. The maximum atomic E-state index is 12.7. The number of hydrogen-bond donors (Lipinski definition) is 3. The standard InChI is InChI=1S/C17H19N3O6/c21-14-5-4-13(16(24)19-14)20-8-11-10(17(20)25)2-1-3-12(11)18-6-7-26-9-15(22)23/h1-3,13,18H,4-9H2,(H,22,23)(H,19,21,24). The van der Waals surface area contributed by atoms with Crippen LogP contribution in [0.3, 0.4) is 0 Å². The Bertz CT molecular complexity index is 763. The number of carboxylic acid groups (broad SMARTS) is 1. The zero-order valence-corrected chi connectivity index (χ0v) is 14.0. The van der Waals surface area contributed by atoms with Crippen molar-refractivity contribution in [1.29, 1.82) is 0 Å². The molecule has 0 saturated carbocycles. The van der Waals surface area contributed by atoms with Crippen LogP contribution in [0.15, 0.2) is 18.2 Å². The maximum absolute atomic E-state index is 12.7. The first-order valence-electron chi connectivity index (χ1n) is 8.27. The monoisotopic (exact) mass is 361 g/mol. The third-order valence-corrected chi connectivity index (χ3v) is 4.37. The van der Waals surface area contributed by atoms with Crippen LogP contribution in [-0.2, 0) is 25.7 Å². The lowest BCUT2D eigenvalue weighted by Gasteiger charge is -2.29. The fourth-order valence-corrected chi connectivity index (χ4v) is 3.17. The molecule has 1 fully saturated rings. The Morgan fingerprint density at radius 2 is 2.15 bits per heavy atom. The van der Waals surface area contributed by atoms with E-state index in [4.69, 9.17) is 9.84 Å². The van der Waals surface area contributed by atoms with E-state index in [9.17, 15) is 19.2 Å². The number of carbonyl (C=O) groups is 4. The highest BCUT2D eigenvalue weighted by molar-refractivity contribution is 6.06. The number of fused-ring (bicyclic) bond motifs is 1. The van der Waals surface area contributed by atoms with Crippen molar-refractivity contribution in [2.24, 2.45) is 0 Å². The molecule has 3 N–H and O–H groups in total. The Hall–Kier alpha value is -2.94. The summed E-state index contributed by atoms with van der Waals surface area (Å²) in [7, 11) is 0. The molecule has 9 nitrogen and oxygen atoms in total. The van der Waals surface area contributed by atoms with E-state index in [1.54, 1.807) is 12.1 Å². The van der Waals surface area contributed by atoms with Crippen LogP contribution < -0.4 is 10.6 Å². The number of carbonyl (C=O) groups excluding carboxylic acids is 3. The van der Waals surface area contributed by atoms with Gasteiger partial charge in [0, 0.05) is 36.3 Å². The molecule has 1 atom stereocenters. The van der Waals surface area contributed by atoms with Gasteiger partial charge in [0.2, 0.25) is 11.8 Å². The predicted octanol–water partition coefficient (Wildman–Crippen LogP) is -0.0393. The highest BCUT2D eigenvalue weighted by Gasteiger charge is 2.39. The number of amides is 3. The molecule has 2 heterocycles. The van der Waals surface area contributed by atoms with E-state index in [-0.39, 0.29) is 38.0 Å². The first kappa shape index (κ1) is 17.9. The molecule has 3 amide bonds. The molecule has 1 aromatic rings. The summed E-state index contributed by atoms with van der Waals surface area (Å²) < 4.78 is 4.97. The van der Waals surface area contributed by atoms with E-state index >= 15 is 0 Å². The molecule has 1 aromatic carbocycles. The van der Waals surface area contributed by atoms with Crippen molar-refractivity contribution in [2.75, 3.05) is 25.1 Å². The van der Waals surface area contributed by atoms with E-state index in [1.807, 2.05) is 6.07 Å². The summed E-state index contributed by atoms with van der Waals surface area (Å²) >= 11 is 0. The second-order valence-corrected chi connectivity index (χ2v) is 6.10. The summed E-state index contributed by atoms with van der Waals surface area (Å²) in [6.45, 7) is 0.507. The number of benzene rings is 1. The molecule has 1 saturated heterocycles. The van der Waals surface area contributed by atoms with Gasteiger partial charge in [-0.2, -0.15) is 0 Å². The van der Waals surface area contributed by atoms with Gasteiger partial charge in [0.05, 0.1) is 6.61 Å². The number of ether oxygens (including phenoxy) is 1. The maximum Gasteiger partial charge on any atom is 0.329 e. The Labute approximate surface area is 149 Å². The highest BCUT2D eigenvalue weighted by atomic mass is 16.5. The average Bonchev–Trinajstić information content (AvgIpc) is 2.92. The normalized spacial score (nSPS) is 19.3. The summed E-state index contributed by atoms with van der Waals surface area (Å²) in [5.74, 6) is -2.03. The van der Waals surface area contributed by atoms with E-state index in [0.29, 0.717) is 18.5 Å². The molecule has 0 aliphatic carbocycles. The molecular formula is C17H19N3O6. The van der Waals surface area contributed by atoms with Gasteiger partial charge in [0.1, 0.15) is 12.6 Å². The van der Waals surface area contributed by atoms with Crippen LogP contribution in [0, 0.1) is 0 Å². The summed E-state index contributed by atoms with van der Waals surface area (Å²) in [6, 6.07) is 4.61.